The summed E-state index contributed by atoms with van der Waals surface area (Å²) in [6.45, 7) is -0.495. The van der Waals surface area contributed by atoms with Crippen molar-refractivity contribution in [1.29, 1.82) is 0 Å². The summed E-state index contributed by atoms with van der Waals surface area (Å²) in [6.07, 6.45) is -1.10. The molecule has 0 aliphatic carbocycles. The van der Waals surface area contributed by atoms with Gasteiger partial charge >= 0.3 is 16.5 Å². The molecular weight excluding hydrogens is 297 g/mol. The molecule has 0 bridgehead atoms. The first-order valence-corrected chi connectivity index (χ1v) is 4.48. The number of rotatable bonds is 1. The first-order valence-electron chi connectivity index (χ1n) is 2.29. The van der Waals surface area contributed by atoms with Crippen LogP contribution < -0.4 is 0 Å². The molecule has 0 aromatic rings. The van der Waals surface area contributed by atoms with Gasteiger partial charge in [0, 0.05) is 157 Å². The van der Waals surface area contributed by atoms with E-state index >= 15 is 0 Å². The van der Waals surface area contributed by atoms with Crippen LogP contribution in [0.25, 0.3) is 0 Å². The minimum Gasteiger partial charge on any atom is -0.391 e. The Morgan fingerprint density at radius 3 is 1.53 bits per heavy atom. The Kier molecular flexibility index (Phi) is 40.8. The minimum atomic E-state index is -2.39. The number of aliphatic hydroxyl groups excluding tert-OH is 1. The summed E-state index contributed by atoms with van der Waals surface area (Å²) in [6, 6.07) is 0. The molecule has 1 aliphatic rings. The summed E-state index contributed by atoms with van der Waals surface area (Å²) in [5.41, 5.74) is 0. The van der Waals surface area contributed by atoms with Crippen LogP contribution in [0.3, 0.4) is 0 Å². The Balaban J connectivity index is -0.0000000667. The average molecular weight is 301 g/mol. The Morgan fingerprint density at radius 1 is 0.933 bits per heavy atom. The van der Waals surface area contributed by atoms with Gasteiger partial charge < -0.3 is 5.11 Å². The molecule has 0 aromatic carbocycles. The van der Waals surface area contributed by atoms with Crippen LogP contribution in [0, 0.1) is 0 Å². The van der Waals surface area contributed by atoms with Gasteiger partial charge in [-0.3, -0.25) is 0 Å². The van der Waals surface area contributed by atoms with Crippen molar-refractivity contribution in [3.63, 3.8) is 0 Å². The normalized spacial score (nSPS) is 22.9. The molecule has 0 spiro atoms. The molecule has 2 atom stereocenters. The molecule has 15 heavy (non-hydrogen) atoms. The fraction of sp³-hybridized carbons (Fsp3) is 1.00. The van der Waals surface area contributed by atoms with Crippen LogP contribution in [-0.2, 0) is 22.5 Å². The summed E-state index contributed by atoms with van der Waals surface area (Å²) in [5, 5.41) is 8.36. The summed E-state index contributed by atoms with van der Waals surface area (Å²) < 4.78 is 33.5. The maximum absolute atomic E-state index is 10.4. The molecule has 1 fully saturated rings. The molecule has 0 amide bonds. The van der Waals surface area contributed by atoms with Gasteiger partial charge in [-0.15, -0.1) is 0 Å². The van der Waals surface area contributed by atoms with Crippen molar-refractivity contribution in [1.82, 2.24) is 0 Å². The third-order valence-corrected chi connectivity index (χ3v) is 2.57. The molecule has 0 saturated carbocycles. The largest absolute Gasteiger partial charge is 0.750 e. The maximum atomic E-state index is 10.4. The predicted octanol–water partition coefficient (Wildman–Crippen LogP) is -1.22. The molecular formula is C2H4Na5O6P2+2. The number of aliphatic hydroxyl groups is 1. The fourth-order valence-corrected chi connectivity index (χ4v) is 1.79. The summed E-state index contributed by atoms with van der Waals surface area (Å²) in [4.78, 5) is 0. The van der Waals surface area contributed by atoms with Gasteiger partial charge in [0.05, 0.1) is 0 Å². The van der Waals surface area contributed by atoms with Gasteiger partial charge in [-0.05, 0) is 0 Å². The molecule has 61 valence electrons. The number of hydrogen-bond donors (Lipinski definition) is 1. The van der Waals surface area contributed by atoms with Crippen molar-refractivity contribution in [2.45, 2.75) is 6.29 Å². The number of hydrogen-bond acceptors (Lipinski definition) is 6. The smallest absolute Gasteiger partial charge is 0.391 e. The molecule has 5 radical (unpaired) electrons. The van der Waals surface area contributed by atoms with Gasteiger partial charge in [-0.25, -0.2) is 0 Å². The second-order valence-corrected chi connectivity index (χ2v) is 3.32. The molecule has 1 N–H and O–H groups in total. The van der Waals surface area contributed by atoms with E-state index < -0.39 is 29.4 Å². The van der Waals surface area contributed by atoms with E-state index in [-0.39, 0.29) is 148 Å². The zero-order valence-corrected chi connectivity index (χ0v) is 21.5. The van der Waals surface area contributed by atoms with Gasteiger partial charge in [0.15, 0.2) is 4.31 Å². The average Bonchev–Trinajstić information content (AvgIpc) is 1.85. The van der Waals surface area contributed by atoms with E-state index in [1.165, 1.54) is 0 Å². The van der Waals surface area contributed by atoms with E-state index in [4.69, 9.17) is 5.11 Å². The van der Waals surface area contributed by atoms with Crippen molar-refractivity contribution < 1.29 is 27.6 Å². The van der Waals surface area contributed by atoms with Crippen LogP contribution in [0.15, 0.2) is 0 Å². The standard InChI is InChI=1S/C2H4O6P2.5Na/c3-1-2-6-9(4)8-10(5)7-2;;;;;/h2-3H,1H2;;;;;/q+2;;;;;. The third-order valence-electron chi connectivity index (χ3n) is 0.690. The van der Waals surface area contributed by atoms with E-state index in [2.05, 4.69) is 13.4 Å². The van der Waals surface area contributed by atoms with Crippen molar-refractivity contribution in [2.75, 3.05) is 6.61 Å². The first kappa shape index (κ1) is 32.1. The minimum absolute atomic E-state index is 0. The quantitative estimate of drug-likeness (QED) is 0.483. The van der Waals surface area contributed by atoms with Crippen molar-refractivity contribution in [2.24, 2.45) is 0 Å². The van der Waals surface area contributed by atoms with Gasteiger partial charge in [-0.2, -0.15) is 0 Å². The van der Waals surface area contributed by atoms with Crippen LogP contribution in [0.4, 0.5) is 0 Å². The van der Waals surface area contributed by atoms with Crippen molar-refractivity contribution in [3.8, 4) is 0 Å². The topological polar surface area (TPSA) is 82.1 Å². The maximum Gasteiger partial charge on any atom is 0.750 e. The van der Waals surface area contributed by atoms with Crippen molar-refractivity contribution in [3.05, 3.63) is 0 Å². The molecule has 2 unspecified atom stereocenters. The van der Waals surface area contributed by atoms with Gasteiger partial charge in [0.2, 0.25) is 0 Å². The molecule has 13 heteroatoms. The second-order valence-electron chi connectivity index (χ2n) is 1.35. The van der Waals surface area contributed by atoms with Gasteiger partial charge in [0.1, 0.15) is 6.61 Å². The summed E-state index contributed by atoms with van der Waals surface area (Å²) in [5.74, 6) is 0. The SMILES string of the molecule is O=[P+]1OC(CO)O[P+](=O)O1.[Na].[Na].[Na].[Na].[Na]. The zero-order valence-electron chi connectivity index (χ0n) is 9.67. The monoisotopic (exact) mass is 301 g/mol. The molecule has 6 nitrogen and oxygen atoms in total. The fourth-order valence-electron chi connectivity index (χ4n) is 0.371. The molecule has 0 aromatic heterocycles. The summed E-state index contributed by atoms with van der Waals surface area (Å²) >= 11 is 0. The van der Waals surface area contributed by atoms with Crippen LogP contribution in [-0.4, -0.2) is 166 Å². The Labute approximate surface area is 200 Å². The second kappa shape index (κ2) is 19.0. The molecule has 1 saturated heterocycles. The molecule has 1 aliphatic heterocycles. The van der Waals surface area contributed by atoms with Crippen LogP contribution in [0.1, 0.15) is 0 Å². The van der Waals surface area contributed by atoms with Crippen LogP contribution in [0.5, 0.6) is 0 Å². The van der Waals surface area contributed by atoms with Gasteiger partial charge in [-0.1, -0.05) is 9.05 Å². The van der Waals surface area contributed by atoms with Crippen LogP contribution in [0.2, 0.25) is 0 Å². The van der Waals surface area contributed by atoms with E-state index in [1.54, 1.807) is 0 Å². The van der Waals surface area contributed by atoms with Crippen molar-refractivity contribution >= 4 is 164 Å². The van der Waals surface area contributed by atoms with Crippen LogP contribution >= 0.6 is 16.5 Å². The molecule has 1 rings (SSSR count). The first-order chi connectivity index (χ1) is 4.72. The van der Waals surface area contributed by atoms with E-state index in [9.17, 15) is 9.13 Å². The molecule has 1 heterocycles. The predicted molar refractivity (Wildman–Crippen MR) is 58.1 cm³/mol. The Morgan fingerprint density at radius 2 is 1.27 bits per heavy atom. The third kappa shape index (κ3) is 15.3. The van der Waals surface area contributed by atoms with Gasteiger partial charge in [0.25, 0.3) is 6.29 Å². The van der Waals surface area contributed by atoms with E-state index in [1.807, 2.05) is 0 Å². The zero-order chi connectivity index (χ0) is 7.56. The summed E-state index contributed by atoms with van der Waals surface area (Å²) in [7, 11) is -4.79. The van der Waals surface area contributed by atoms with E-state index in [0.29, 0.717) is 0 Å². The Bertz CT molecular complexity index is 165. The Hall–Kier alpha value is 5.04. The van der Waals surface area contributed by atoms with E-state index in [0.717, 1.165) is 0 Å².